The molecule has 5 nitrogen and oxygen atoms in total. The van der Waals surface area contributed by atoms with Crippen LogP contribution in [0.5, 0.6) is 0 Å². The molecule has 1 rings (SSSR count). The molecule has 2 unspecified atom stereocenters. The molecular formula is C13H20N2O3S. The zero-order valence-electron chi connectivity index (χ0n) is 11.5. The first-order valence-electron chi connectivity index (χ1n) is 6.18. The zero-order chi connectivity index (χ0) is 14.4. The van der Waals surface area contributed by atoms with Crippen molar-refractivity contribution in [3.63, 3.8) is 0 Å². The number of rotatable bonds is 6. The van der Waals surface area contributed by atoms with Gasteiger partial charge in [0.05, 0.1) is 6.61 Å². The Kier molecular flexibility index (Phi) is 5.98. The molecule has 1 heterocycles. The van der Waals surface area contributed by atoms with Crippen molar-refractivity contribution in [2.45, 2.75) is 32.4 Å². The van der Waals surface area contributed by atoms with Crippen molar-refractivity contribution in [1.82, 2.24) is 4.90 Å². The number of carbonyl (C=O) groups is 2. The molecule has 0 spiro atoms. The van der Waals surface area contributed by atoms with Crippen LogP contribution in [0.15, 0.2) is 17.5 Å². The first kappa shape index (κ1) is 15.7. The van der Waals surface area contributed by atoms with Gasteiger partial charge in [0.1, 0.15) is 0 Å². The van der Waals surface area contributed by atoms with Crippen molar-refractivity contribution in [3.05, 3.63) is 22.4 Å². The van der Waals surface area contributed by atoms with Crippen LogP contribution in [0.2, 0.25) is 0 Å². The van der Waals surface area contributed by atoms with Gasteiger partial charge in [0.25, 0.3) is 5.91 Å². The fraction of sp³-hybridized carbons (Fsp3) is 0.538. The summed E-state index contributed by atoms with van der Waals surface area (Å²) in [5, 5.41) is 1.99. The van der Waals surface area contributed by atoms with Gasteiger partial charge in [0, 0.05) is 24.4 Å². The summed E-state index contributed by atoms with van der Waals surface area (Å²) in [5.41, 5.74) is 5.60. The lowest BCUT2D eigenvalue weighted by molar-refractivity contribution is -0.151. The van der Waals surface area contributed by atoms with E-state index in [1.54, 1.807) is 25.3 Å². The van der Waals surface area contributed by atoms with Crippen LogP contribution in [0.1, 0.15) is 18.7 Å². The van der Waals surface area contributed by atoms with Crippen LogP contribution in [0.3, 0.4) is 0 Å². The van der Waals surface area contributed by atoms with Crippen LogP contribution in [0.4, 0.5) is 0 Å². The summed E-state index contributed by atoms with van der Waals surface area (Å²) < 4.78 is 4.75. The number of amides is 1. The monoisotopic (exact) mass is 284 g/mol. The maximum atomic E-state index is 12.0. The molecule has 19 heavy (non-hydrogen) atoms. The molecule has 0 saturated carbocycles. The molecule has 2 atom stereocenters. The second-order valence-corrected chi connectivity index (χ2v) is 5.34. The Labute approximate surface area is 117 Å². The highest BCUT2D eigenvalue weighted by Gasteiger charge is 2.28. The van der Waals surface area contributed by atoms with Gasteiger partial charge in [0.15, 0.2) is 6.04 Å². The summed E-state index contributed by atoms with van der Waals surface area (Å²) in [4.78, 5) is 26.2. The average molecular weight is 284 g/mol. The topological polar surface area (TPSA) is 72.6 Å². The lowest BCUT2D eigenvalue weighted by Crippen LogP contribution is -2.50. The van der Waals surface area contributed by atoms with Crippen molar-refractivity contribution in [1.29, 1.82) is 0 Å². The summed E-state index contributed by atoms with van der Waals surface area (Å²) in [6, 6.07) is 2.73. The maximum Gasteiger partial charge on any atom is 0.332 e. The number of ether oxygens (including phenoxy) is 1. The fourth-order valence-corrected chi connectivity index (χ4v) is 2.45. The lowest BCUT2D eigenvalue weighted by Gasteiger charge is -2.26. The van der Waals surface area contributed by atoms with E-state index in [0.29, 0.717) is 0 Å². The van der Waals surface area contributed by atoms with Crippen molar-refractivity contribution in [2.75, 3.05) is 13.7 Å². The summed E-state index contributed by atoms with van der Waals surface area (Å²) in [6.45, 7) is 3.82. The SMILES string of the molecule is CCOC(=O)C(N)C(=O)N(C)C(C)Cc1cccs1. The third kappa shape index (κ3) is 4.33. The second kappa shape index (κ2) is 7.25. The van der Waals surface area contributed by atoms with Gasteiger partial charge >= 0.3 is 5.97 Å². The van der Waals surface area contributed by atoms with Crippen LogP contribution in [-0.2, 0) is 20.7 Å². The predicted molar refractivity (Wildman–Crippen MR) is 74.9 cm³/mol. The number of esters is 1. The van der Waals surface area contributed by atoms with E-state index < -0.39 is 17.9 Å². The van der Waals surface area contributed by atoms with Crippen molar-refractivity contribution < 1.29 is 14.3 Å². The van der Waals surface area contributed by atoms with E-state index in [2.05, 4.69) is 0 Å². The Balaban J connectivity index is 2.58. The zero-order valence-corrected chi connectivity index (χ0v) is 12.3. The number of nitrogens with zero attached hydrogens (tertiary/aromatic N) is 1. The van der Waals surface area contributed by atoms with E-state index in [-0.39, 0.29) is 12.6 Å². The van der Waals surface area contributed by atoms with Gasteiger partial charge in [-0.15, -0.1) is 11.3 Å². The quantitative estimate of drug-likeness (QED) is 0.625. The highest BCUT2D eigenvalue weighted by Crippen LogP contribution is 2.14. The second-order valence-electron chi connectivity index (χ2n) is 4.31. The minimum atomic E-state index is -1.24. The molecule has 0 aromatic carbocycles. The molecule has 0 radical (unpaired) electrons. The lowest BCUT2D eigenvalue weighted by atomic mass is 10.1. The largest absolute Gasteiger partial charge is 0.464 e. The van der Waals surface area contributed by atoms with Gasteiger partial charge in [-0.3, -0.25) is 4.79 Å². The average Bonchev–Trinajstić information content (AvgIpc) is 2.89. The molecule has 1 aromatic rings. The smallest absolute Gasteiger partial charge is 0.332 e. The van der Waals surface area contributed by atoms with Crippen LogP contribution < -0.4 is 5.73 Å². The molecule has 0 aliphatic carbocycles. The number of thiophene rings is 1. The Bertz CT molecular complexity index is 420. The van der Waals surface area contributed by atoms with Crippen molar-refractivity contribution in [2.24, 2.45) is 5.73 Å². The highest BCUT2D eigenvalue weighted by molar-refractivity contribution is 7.09. The van der Waals surface area contributed by atoms with Gasteiger partial charge in [0.2, 0.25) is 0 Å². The summed E-state index contributed by atoms with van der Waals surface area (Å²) in [5.74, 6) is -1.09. The van der Waals surface area contributed by atoms with Gasteiger partial charge in [-0.05, 0) is 25.3 Å². The molecule has 0 saturated heterocycles. The first-order chi connectivity index (χ1) is 8.97. The molecule has 1 amide bonds. The molecule has 0 fully saturated rings. The molecule has 2 N–H and O–H groups in total. The number of carbonyl (C=O) groups excluding carboxylic acids is 2. The van der Waals surface area contributed by atoms with E-state index in [9.17, 15) is 9.59 Å². The minimum absolute atomic E-state index is 0.0216. The third-order valence-corrected chi connectivity index (χ3v) is 3.79. The number of hydrogen-bond acceptors (Lipinski definition) is 5. The normalized spacial score (nSPS) is 13.7. The van der Waals surface area contributed by atoms with Gasteiger partial charge < -0.3 is 15.4 Å². The molecule has 0 aliphatic heterocycles. The summed E-state index contributed by atoms with van der Waals surface area (Å²) in [6.07, 6.45) is 0.745. The molecular weight excluding hydrogens is 264 g/mol. The van der Waals surface area contributed by atoms with Crippen molar-refractivity contribution >= 4 is 23.2 Å². The van der Waals surface area contributed by atoms with Crippen LogP contribution in [-0.4, -0.2) is 42.5 Å². The van der Waals surface area contributed by atoms with E-state index in [1.807, 2.05) is 24.4 Å². The van der Waals surface area contributed by atoms with Crippen LogP contribution >= 0.6 is 11.3 Å². The Morgan fingerprint density at radius 1 is 1.53 bits per heavy atom. The number of nitrogens with two attached hydrogens (primary N) is 1. The highest BCUT2D eigenvalue weighted by atomic mass is 32.1. The molecule has 1 aromatic heterocycles. The summed E-state index contributed by atoms with van der Waals surface area (Å²) >= 11 is 1.64. The van der Waals surface area contributed by atoms with Gasteiger partial charge in [-0.1, -0.05) is 6.07 Å². The standard InChI is InChI=1S/C13H20N2O3S/c1-4-18-13(17)11(14)12(16)15(3)9(2)8-10-6-5-7-19-10/h5-7,9,11H,4,8,14H2,1-3H3. The minimum Gasteiger partial charge on any atom is -0.464 e. The molecule has 6 heteroatoms. The fourth-order valence-electron chi connectivity index (χ4n) is 1.63. The molecule has 0 aliphatic rings. The van der Waals surface area contributed by atoms with Gasteiger partial charge in [-0.25, -0.2) is 4.79 Å². The van der Waals surface area contributed by atoms with Gasteiger partial charge in [-0.2, -0.15) is 0 Å². The van der Waals surface area contributed by atoms with Crippen molar-refractivity contribution in [3.8, 4) is 0 Å². The van der Waals surface area contributed by atoms with Crippen LogP contribution in [0, 0.1) is 0 Å². The predicted octanol–water partition coefficient (Wildman–Crippen LogP) is 1.03. The van der Waals surface area contributed by atoms with E-state index in [1.165, 1.54) is 9.78 Å². The Hall–Kier alpha value is -1.40. The van der Waals surface area contributed by atoms with Crippen LogP contribution in [0.25, 0.3) is 0 Å². The van der Waals surface area contributed by atoms with E-state index in [0.717, 1.165) is 6.42 Å². The Morgan fingerprint density at radius 2 is 2.21 bits per heavy atom. The Morgan fingerprint density at radius 3 is 2.74 bits per heavy atom. The number of likely N-dealkylation sites (N-methyl/N-ethyl adjacent to an activating group) is 1. The molecule has 0 bridgehead atoms. The van der Waals surface area contributed by atoms with E-state index in [4.69, 9.17) is 10.5 Å². The molecule has 106 valence electrons. The summed E-state index contributed by atoms with van der Waals surface area (Å²) in [7, 11) is 1.65. The maximum absolute atomic E-state index is 12.0. The third-order valence-electron chi connectivity index (χ3n) is 2.89. The van der Waals surface area contributed by atoms with E-state index >= 15 is 0 Å². The first-order valence-corrected chi connectivity index (χ1v) is 7.06. The number of hydrogen-bond donors (Lipinski definition) is 1.